The monoisotopic (exact) mass is 462 g/mol. The number of ether oxygens (including phenoxy) is 2. The second-order valence-corrected chi connectivity index (χ2v) is 9.82. The maximum Gasteiger partial charge on any atom is 0.260 e. The van der Waals surface area contributed by atoms with Gasteiger partial charge in [-0.15, -0.1) is 0 Å². The molecule has 1 unspecified atom stereocenters. The van der Waals surface area contributed by atoms with Gasteiger partial charge in [-0.05, 0) is 55.5 Å². The van der Waals surface area contributed by atoms with E-state index in [1.165, 1.54) is 12.0 Å². The smallest absolute Gasteiger partial charge is 0.260 e. The Morgan fingerprint density at radius 2 is 1.59 bits per heavy atom. The van der Waals surface area contributed by atoms with Crippen molar-refractivity contribution in [3.8, 4) is 11.5 Å². The van der Waals surface area contributed by atoms with Crippen LogP contribution >= 0.6 is 0 Å². The fourth-order valence-corrected chi connectivity index (χ4v) is 6.15. The van der Waals surface area contributed by atoms with E-state index in [-0.39, 0.29) is 30.0 Å². The van der Waals surface area contributed by atoms with E-state index in [1.807, 2.05) is 23.1 Å². The molecule has 2 aliphatic heterocycles. The highest BCUT2D eigenvalue weighted by Crippen LogP contribution is 2.59. The predicted molar refractivity (Wildman–Crippen MR) is 130 cm³/mol. The van der Waals surface area contributed by atoms with E-state index in [0.717, 1.165) is 44.3 Å². The molecule has 0 bridgehead atoms. The van der Waals surface area contributed by atoms with Gasteiger partial charge >= 0.3 is 0 Å². The first-order valence-corrected chi connectivity index (χ1v) is 12.5. The van der Waals surface area contributed by atoms with Crippen LogP contribution < -0.4 is 9.47 Å². The molecule has 3 aliphatic rings. The number of likely N-dealkylation sites (tertiary alicyclic amines) is 2. The van der Waals surface area contributed by atoms with E-state index in [2.05, 4.69) is 29.2 Å². The topological polar surface area (TPSA) is 59.1 Å². The van der Waals surface area contributed by atoms with Gasteiger partial charge in [-0.25, -0.2) is 0 Å². The highest BCUT2D eigenvalue weighted by molar-refractivity contribution is 5.91. The standard InChI is InChI=1S/C28H34N2O4/c1-33-23-10-12-24(13-11-23)34-20-25(31)29-18-14-22(15-19-29)30-26(21-8-4-2-5-9-21)28(27(30)32)16-6-3-7-17-28/h2,4-5,8-13,22,26H,3,6-7,14-20H2,1H3. The van der Waals surface area contributed by atoms with Crippen molar-refractivity contribution in [2.45, 2.75) is 57.0 Å². The van der Waals surface area contributed by atoms with Crippen LogP contribution in [0.2, 0.25) is 0 Å². The van der Waals surface area contributed by atoms with Crippen LogP contribution in [0.25, 0.3) is 0 Å². The van der Waals surface area contributed by atoms with Crippen molar-refractivity contribution in [1.82, 2.24) is 9.80 Å². The Morgan fingerprint density at radius 1 is 0.941 bits per heavy atom. The Kier molecular flexibility index (Phi) is 6.48. The quantitative estimate of drug-likeness (QED) is 0.589. The summed E-state index contributed by atoms with van der Waals surface area (Å²) in [5, 5.41) is 0. The van der Waals surface area contributed by atoms with Gasteiger partial charge in [0.2, 0.25) is 5.91 Å². The summed E-state index contributed by atoms with van der Waals surface area (Å²) in [5.41, 5.74) is 1.05. The zero-order valence-corrected chi connectivity index (χ0v) is 19.9. The molecule has 6 heteroatoms. The molecule has 0 aromatic heterocycles. The van der Waals surface area contributed by atoms with Gasteiger partial charge in [-0.3, -0.25) is 9.59 Å². The first-order valence-electron chi connectivity index (χ1n) is 12.5. The summed E-state index contributed by atoms with van der Waals surface area (Å²) in [4.78, 5) is 30.3. The molecule has 1 spiro atoms. The minimum absolute atomic E-state index is 0.00689. The molecule has 3 fully saturated rings. The van der Waals surface area contributed by atoms with E-state index < -0.39 is 0 Å². The number of carbonyl (C=O) groups is 2. The molecule has 1 aliphatic carbocycles. The molecule has 2 aromatic carbocycles. The first-order chi connectivity index (χ1) is 16.6. The van der Waals surface area contributed by atoms with Crippen LogP contribution in [0, 0.1) is 5.41 Å². The van der Waals surface area contributed by atoms with Gasteiger partial charge in [0.25, 0.3) is 5.91 Å². The maximum absolute atomic E-state index is 13.6. The van der Waals surface area contributed by atoms with Crippen molar-refractivity contribution in [2.75, 3.05) is 26.8 Å². The van der Waals surface area contributed by atoms with Gasteiger partial charge in [0.1, 0.15) is 11.5 Å². The fraction of sp³-hybridized carbons (Fsp3) is 0.500. The summed E-state index contributed by atoms with van der Waals surface area (Å²) in [5.74, 6) is 1.74. The number of nitrogens with zero attached hydrogens (tertiary/aromatic N) is 2. The second-order valence-electron chi connectivity index (χ2n) is 9.82. The first kappa shape index (κ1) is 22.8. The number of β-lactam (4-membered cyclic amide) rings is 1. The number of piperidine rings is 1. The summed E-state index contributed by atoms with van der Waals surface area (Å²) in [7, 11) is 1.62. The van der Waals surface area contributed by atoms with Crippen LogP contribution in [0.3, 0.4) is 0 Å². The summed E-state index contributed by atoms with van der Waals surface area (Å²) < 4.78 is 10.8. The lowest BCUT2D eigenvalue weighted by atomic mass is 9.59. The molecular formula is C28H34N2O4. The molecule has 2 aromatic rings. The van der Waals surface area contributed by atoms with E-state index in [9.17, 15) is 9.59 Å². The molecule has 0 radical (unpaired) electrons. The lowest BCUT2D eigenvalue weighted by molar-refractivity contribution is -0.186. The van der Waals surface area contributed by atoms with Crippen LogP contribution in [0.4, 0.5) is 0 Å². The van der Waals surface area contributed by atoms with E-state index >= 15 is 0 Å². The molecule has 34 heavy (non-hydrogen) atoms. The van der Waals surface area contributed by atoms with Crippen molar-refractivity contribution in [3.05, 3.63) is 60.2 Å². The highest BCUT2D eigenvalue weighted by Gasteiger charge is 2.62. The number of hydrogen-bond acceptors (Lipinski definition) is 4. The Hall–Kier alpha value is -3.02. The number of carbonyl (C=O) groups excluding carboxylic acids is 2. The van der Waals surface area contributed by atoms with Crippen molar-refractivity contribution in [3.63, 3.8) is 0 Å². The average Bonchev–Trinajstić information content (AvgIpc) is 2.91. The van der Waals surface area contributed by atoms with Crippen molar-refractivity contribution in [1.29, 1.82) is 0 Å². The molecule has 2 heterocycles. The third kappa shape index (κ3) is 4.15. The molecule has 180 valence electrons. The van der Waals surface area contributed by atoms with Gasteiger partial charge in [0, 0.05) is 19.1 Å². The van der Waals surface area contributed by atoms with Gasteiger partial charge in [-0.1, -0.05) is 49.6 Å². The number of rotatable bonds is 6. The molecular weight excluding hydrogens is 428 g/mol. The third-order valence-corrected chi connectivity index (χ3v) is 7.96. The zero-order chi connectivity index (χ0) is 23.5. The van der Waals surface area contributed by atoms with E-state index in [1.54, 1.807) is 19.2 Å². The molecule has 1 saturated carbocycles. The van der Waals surface area contributed by atoms with Crippen LogP contribution in [0.1, 0.15) is 56.6 Å². The maximum atomic E-state index is 13.6. The summed E-state index contributed by atoms with van der Waals surface area (Å²) in [6, 6.07) is 18.2. The lowest BCUT2D eigenvalue weighted by Gasteiger charge is -2.61. The summed E-state index contributed by atoms with van der Waals surface area (Å²) >= 11 is 0. The Morgan fingerprint density at radius 3 is 2.24 bits per heavy atom. The van der Waals surface area contributed by atoms with Crippen LogP contribution in [-0.2, 0) is 9.59 Å². The molecule has 1 atom stereocenters. The van der Waals surface area contributed by atoms with Crippen LogP contribution in [0.15, 0.2) is 54.6 Å². The summed E-state index contributed by atoms with van der Waals surface area (Å²) in [6.45, 7) is 1.34. The normalized spacial score (nSPS) is 22.4. The predicted octanol–water partition coefficient (Wildman–Crippen LogP) is 4.60. The Bertz CT molecular complexity index is 993. The highest BCUT2D eigenvalue weighted by atomic mass is 16.5. The number of benzene rings is 2. The van der Waals surface area contributed by atoms with E-state index in [4.69, 9.17) is 9.47 Å². The number of methoxy groups -OCH3 is 1. The largest absolute Gasteiger partial charge is 0.497 e. The summed E-state index contributed by atoms with van der Waals surface area (Å²) in [6.07, 6.45) is 7.16. The van der Waals surface area contributed by atoms with Crippen molar-refractivity contribution >= 4 is 11.8 Å². The van der Waals surface area contributed by atoms with Gasteiger partial charge in [0.15, 0.2) is 6.61 Å². The number of hydrogen-bond donors (Lipinski definition) is 0. The minimum Gasteiger partial charge on any atom is -0.497 e. The average molecular weight is 463 g/mol. The number of amides is 2. The lowest BCUT2D eigenvalue weighted by Crippen LogP contribution is -2.67. The Balaban J connectivity index is 1.20. The second kappa shape index (κ2) is 9.69. The molecule has 0 N–H and O–H groups in total. The van der Waals surface area contributed by atoms with E-state index in [0.29, 0.717) is 24.7 Å². The van der Waals surface area contributed by atoms with Gasteiger partial charge in [-0.2, -0.15) is 0 Å². The third-order valence-electron chi connectivity index (χ3n) is 7.96. The van der Waals surface area contributed by atoms with Crippen molar-refractivity contribution in [2.24, 2.45) is 5.41 Å². The van der Waals surface area contributed by atoms with Crippen LogP contribution in [0.5, 0.6) is 11.5 Å². The van der Waals surface area contributed by atoms with Gasteiger partial charge in [0.05, 0.1) is 18.6 Å². The molecule has 5 rings (SSSR count). The van der Waals surface area contributed by atoms with Gasteiger partial charge < -0.3 is 19.3 Å². The molecule has 6 nitrogen and oxygen atoms in total. The molecule has 2 amide bonds. The van der Waals surface area contributed by atoms with Crippen molar-refractivity contribution < 1.29 is 19.1 Å². The molecule has 2 saturated heterocycles. The fourth-order valence-electron chi connectivity index (χ4n) is 6.15. The van der Waals surface area contributed by atoms with Crippen LogP contribution in [-0.4, -0.2) is 54.5 Å². The Labute approximate surface area is 201 Å². The zero-order valence-electron chi connectivity index (χ0n) is 19.9. The minimum atomic E-state index is -0.210. The SMILES string of the molecule is COc1ccc(OCC(=O)N2CCC(N3C(=O)C4(CCCCC4)C3c3ccccc3)CC2)cc1.